The van der Waals surface area contributed by atoms with Gasteiger partial charge in [0.25, 0.3) is 0 Å². The molecule has 0 aliphatic rings. The fraction of sp³-hybridized carbons (Fsp3) is 0.286. The fourth-order valence-corrected chi connectivity index (χ4v) is 4.98. The Bertz CT molecular complexity index is 1240. The number of pyridine rings is 5. The molecule has 214 valence electrons. The first-order valence-corrected chi connectivity index (χ1v) is 14.8. The maximum Gasteiger partial charge on any atom is 0.0547 e. The van der Waals surface area contributed by atoms with Gasteiger partial charge in [-0.1, -0.05) is 30.3 Å². The molecule has 0 saturated carbocycles. The normalized spacial score (nSPS) is 11.3. The van der Waals surface area contributed by atoms with Crippen molar-refractivity contribution in [3.8, 4) is 0 Å². The summed E-state index contributed by atoms with van der Waals surface area (Å²) in [5.41, 5.74) is 6.61. The Morgan fingerprint density at radius 1 is 0.357 bits per heavy atom. The van der Waals surface area contributed by atoms with Crippen molar-refractivity contribution in [1.29, 1.82) is 0 Å². The summed E-state index contributed by atoms with van der Waals surface area (Å²) in [5.74, 6) is 0. The van der Waals surface area contributed by atoms with Gasteiger partial charge < -0.3 is 0 Å². The zero-order chi connectivity index (χ0) is 28.7. The van der Waals surface area contributed by atoms with Crippen molar-refractivity contribution in [1.82, 2.24) is 34.7 Å². The van der Waals surface area contributed by atoms with Crippen molar-refractivity contribution in [3.63, 3.8) is 0 Å². The Labute approximate surface area is 249 Å². The first-order chi connectivity index (χ1) is 20.8. The highest BCUT2D eigenvalue weighted by atomic mass is 15.1. The third-order valence-electron chi connectivity index (χ3n) is 7.28. The molecule has 5 aromatic rings. The molecule has 42 heavy (non-hydrogen) atoms. The second-order valence-corrected chi connectivity index (χ2v) is 10.5. The Kier molecular flexibility index (Phi) is 11.3. The Morgan fingerprint density at radius 2 is 0.667 bits per heavy atom. The summed E-state index contributed by atoms with van der Waals surface area (Å²) in [6.07, 6.45) is 11.1. The molecule has 0 aromatic carbocycles. The third-order valence-corrected chi connectivity index (χ3v) is 7.28. The van der Waals surface area contributed by atoms with Crippen LogP contribution < -0.4 is 0 Å². The summed E-state index contributed by atoms with van der Waals surface area (Å²) in [4.78, 5) is 28.2. The maximum atomic E-state index is 5.13. The highest BCUT2D eigenvalue weighted by Crippen LogP contribution is 2.11. The zero-order valence-corrected chi connectivity index (χ0v) is 24.2. The summed E-state index contributed by atoms with van der Waals surface area (Å²) in [6.45, 7) is 5.23. The van der Waals surface area contributed by atoms with Gasteiger partial charge in [0.05, 0.1) is 11.4 Å². The first kappa shape index (κ1) is 29.2. The maximum absolute atomic E-state index is 5.13. The highest BCUT2D eigenvalue weighted by molar-refractivity contribution is 5.13. The van der Waals surface area contributed by atoms with Gasteiger partial charge in [-0.25, -0.2) is 0 Å². The van der Waals surface area contributed by atoms with Crippen molar-refractivity contribution >= 4 is 0 Å². The van der Waals surface area contributed by atoms with Crippen LogP contribution in [0.5, 0.6) is 0 Å². The predicted molar refractivity (Wildman–Crippen MR) is 167 cm³/mol. The topological polar surface area (TPSA) is 70.9 Å². The monoisotopic (exact) mass is 557 g/mol. The van der Waals surface area contributed by atoms with Gasteiger partial charge in [0.15, 0.2) is 0 Å². The molecular formula is C35H39N7. The molecule has 0 amide bonds. The van der Waals surface area contributed by atoms with E-state index < -0.39 is 0 Å². The summed E-state index contributed by atoms with van der Waals surface area (Å²) in [6, 6.07) is 30.9. The quantitative estimate of drug-likeness (QED) is 0.164. The average molecular weight is 558 g/mol. The molecule has 0 bridgehead atoms. The molecule has 0 radical (unpaired) electrons. The van der Waals surface area contributed by atoms with Crippen LogP contribution in [0.3, 0.4) is 0 Å². The molecular weight excluding hydrogens is 518 g/mol. The molecule has 5 aromatic heterocycles. The second kappa shape index (κ2) is 16.2. The van der Waals surface area contributed by atoms with Gasteiger partial charge in [-0.3, -0.25) is 34.7 Å². The van der Waals surface area contributed by atoms with Crippen molar-refractivity contribution < 1.29 is 0 Å². The Balaban J connectivity index is 1.25. The van der Waals surface area contributed by atoms with E-state index in [1.54, 1.807) is 0 Å². The van der Waals surface area contributed by atoms with E-state index in [9.17, 15) is 0 Å². The van der Waals surface area contributed by atoms with E-state index in [1.807, 2.05) is 49.1 Å². The molecule has 0 N–H and O–H groups in total. The molecule has 0 saturated heterocycles. The molecule has 5 rings (SSSR count). The van der Waals surface area contributed by atoms with E-state index in [0.29, 0.717) is 0 Å². The molecule has 5 heterocycles. The van der Waals surface area contributed by atoms with Crippen LogP contribution in [0.15, 0.2) is 116 Å². The Morgan fingerprint density at radius 3 is 0.952 bits per heavy atom. The van der Waals surface area contributed by atoms with Gasteiger partial charge >= 0.3 is 0 Å². The fourth-order valence-electron chi connectivity index (χ4n) is 4.98. The van der Waals surface area contributed by atoms with Gasteiger partial charge in [0.2, 0.25) is 0 Å². The summed E-state index contributed by atoms with van der Waals surface area (Å²) >= 11 is 0. The van der Waals surface area contributed by atoms with E-state index in [0.717, 1.165) is 99.1 Å². The average Bonchev–Trinajstić information content (AvgIpc) is 3.06. The van der Waals surface area contributed by atoms with Crippen LogP contribution >= 0.6 is 0 Å². The lowest BCUT2D eigenvalue weighted by atomic mass is 10.2. The minimum absolute atomic E-state index is 0.787. The lowest BCUT2D eigenvalue weighted by molar-refractivity contribution is 0.260. The summed E-state index contributed by atoms with van der Waals surface area (Å²) < 4.78 is 0. The number of rotatable bonds is 16. The Hall–Kier alpha value is -4.33. The van der Waals surface area contributed by atoms with E-state index >= 15 is 0 Å². The van der Waals surface area contributed by atoms with E-state index in [4.69, 9.17) is 4.98 Å². The third kappa shape index (κ3) is 9.94. The minimum atomic E-state index is 0.787. The largest absolute Gasteiger partial charge is 0.297 e. The van der Waals surface area contributed by atoms with Crippen molar-refractivity contribution in [2.45, 2.75) is 38.8 Å². The SMILES string of the molecule is c1ccc(CCN(CCc2ccccn2)Cc2cccc(CN(CCc3ccccn3)CCc3ccccn3)n2)nc1. The van der Waals surface area contributed by atoms with Crippen LogP contribution in [0.2, 0.25) is 0 Å². The second-order valence-electron chi connectivity index (χ2n) is 10.5. The van der Waals surface area contributed by atoms with Gasteiger partial charge in [0.1, 0.15) is 0 Å². The lowest BCUT2D eigenvalue weighted by Gasteiger charge is -2.24. The van der Waals surface area contributed by atoms with E-state index in [1.165, 1.54) is 0 Å². The highest BCUT2D eigenvalue weighted by Gasteiger charge is 2.12. The summed E-state index contributed by atoms with van der Waals surface area (Å²) in [7, 11) is 0. The molecule has 0 atom stereocenters. The smallest absolute Gasteiger partial charge is 0.0547 e. The van der Waals surface area contributed by atoms with Crippen LogP contribution in [0.4, 0.5) is 0 Å². The molecule has 0 aliphatic heterocycles. The van der Waals surface area contributed by atoms with Gasteiger partial charge in [-0.05, 0) is 60.7 Å². The molecule has 0 fully saturated rings. The van der Waals surface area contributed by atoms with Crippen LogP contribution in [0, 0.1) is 0 Å². The summed E-state index contributed by atoms with van der Waals surface area (Å²) in [5, 5.41) is 0. The van der Waals surface area contributed by atoms with Gasteiger partial charge in [-0.15, -0.1) is 0 Å². The molecule has 7 heteroatoms. The number of hydrogen-bond donors (Lipinski definition) is 0. The number of aromatic nitrogens is 5. The minimum Gasteiger partial charge on any atom is -0.297 e. The lowest BCUT2D eigenvalue weighted by Crippen LogP contribution is -2.30. The molecule has 0 aliphatic carbocycles. The molecule has 0 spiro atoms. The van der Waals surface area contributed by atoms with Crippen LogP contribution in [0.1, 0.15) is 34.2 Å². The van der Waals surface area contributed by atoms with Gasteiger partial charge in [0, 0.05) is 113 Å². The standard InChI is InChI=1S/C35H39N7/c1-5-20-36-30(10-1)16-24-41(25-17-31-11-2-6-21-37-31)28-34-14-9-15-35(40-34)29-42(26-18-32-12-3-7-22-38-32)27-19-33-13-4-8-23-39-33/h1-15,20-23H,16-19,24-29H2. The van der Waals surface area contributed by atoms with Crippen molar-refractivity contribution in [2.24, 2.45) is 0 Å². The molecule has 0 unspecified atom stereocenters. The van der Waals surface area contributed by atoms with Crippen molar-refractivity contribution in [3.05, 3.63) is 150 Å². The number of nitrogens with zero attached hydrogens (tertiary/aromatic N) is 7. The zero-order valence-electron chi connectivity index (χ0n) is 24.2. The van der Waals surface area contributed by atoms with Crippen LogP contribution in [0.25, 0.3) is 0 Å². The van der Waals surface area contributed by atoms with Crippen LogP contribution in [-0.2, 0) is 38.8 Å². The van der Waals surface area contributed by atoms with E-state index in [2.05, 4.69) is 96.5 Å². The first-order valence-electron chi connectivity index (χ1n) is 14.8. The van der Waals surface area contributed by atoms with Crippen molar-refractivity contribution in [2.75, 3.05) is 26.2 Å². The predicted octanol–water partition coefficient (Wildman–Crippen LogP) is 5.24. The van der Waals surface area contributed by atoms with Gasteiger partial charge in [-0.2, -0.15) is 0 Å². The van der Waals surface area contributed by atoms with E-state index in [-0.39, 0.29) is 0 Å². The number of hydrogen-bond acceptors (Lipinski definition) is 7. The van der Waals surface area contributed by atoms with Crippen LogP contribution in [-0.4, -0.2) is 60.9 Å². The molecule has 7 nitrogen and oxygen atoms in total.